The molecule has 0 aliphatic heterocycles. The van der Waals surface area contributed by atoms with Crippen LogP contribution in [0.3, 0.4) is 0 Å². The molecule has 4 nitrogen and oxygen atoms in total. The number of pyridine rings is 2. The van der Waals surface area contributed by atoms with Crippen LogP contribution in [0.2, 0.25) is 0 Å². The molecule has 0 bridgehead atoms. The molecule has 0 spiro atoms. The highest BCUT2D eigenvalue weighted by atomic mass is 14.8. The Hall–Kier alpha value is -2.88. The highest BCUT2D eigenvalue weighted by Crippen LogP contribution is 2.24. The lowest BCUT2D eigenvalue weighted by molar-refractivity contribution is 1.19. The molecule has 0 aliphatic carbocycles. The maximum Gasteiger partial charge on any atom is 0.107 e. The van der Waals surface area contributed by atoms with Crippen molar-refractivity contribution in [2.24, 2.45) is 0 Å². The highest BCUT2D eigenvalue weighted by Gasteiger charge is 2.06. The van der Waals surface area contributed by atoms with Gasteiger partial charge in [-0.05, 0) is 12.1 Å². The second-order valence-electron chi connectivity index (χ2n) is 4.50. The van der Waals surface area contributed by atoms with Crippen molar-refractivity contribution in [3.05, 3.63) is 61.2 Å². The molecule has 20 heavy (non-hydrogen) atoms. The van der Waals surface area contributed by atoms with E-state index in [1.807, 2.05) is 24.3 Å². The van der Waals surface area contributed by atoms with Gasteiger partial charge < -0.3 is 0 Å². The summed E-state index contributed by atoms with van der Waals surface area (Å²) in [6, 6.07) is 12.1. The normalized spacial score (nSPS) is 11.0. The summed E-state index contributed by atoms with van der Waals surface area (Å²) in [5.74, 6) is 0. The molecule has 0 atom stereocenters. The first-order valence-corrected chi connectivity index (χ1v) is 6.33. The van der Waals surface area contributed by atoms with Gasteiger partial charge in [-0.1, -0.05) is 24.3 Å². The molecule has 0 radical (unpaired) electrons. The van der Waals surface area contributed by atoms with Crippen LogP contribution in [-0.2, 0) is 0 Å². The number of hydrogen-bond donors (Lipinski definition) is 0. The average molecular weight is 258 g/mol. The molecule has 0 saturated carbocycles. The summed E-state index contributed by atoms with van der Waals surface area (Å²) in [7, 11) is 0. The second-order valence-corrected chi connectivity index (χ2v) is 4.50. The van der Waals surface area contributed by atoms with Crippen LogP contribution in [0.1, 0.15) is 0 Å². The number of aromatic nitrogens is 4. The molecule has 4 rings (SSSR count). The Morgan fingerprint density at radius 1 is 0.650 bits per heavy atom. The largest absolute Gasteiger partial charge is 0.261 e. The minimum absolute atomic E-state index is 0.766. The molecule has 0 aliphatic rings. The molecule has 0 unspecified atom stereocenters. The average Bonchev–Trinajstić information content (AvgIpc) is 2.55. The van der Waals surface area contributed by atoms with Crippen LogP contribution >= 0.6 is 0 Å². The van der Waals surface area contributed by atoms with E-state index in [0.29, 0.717) is 0 Å². The van der Waals surface area contributed by atoms with E-state index in [-0.39, 0.29) is 0 Å². The van der Waals surface area contributed by atoms with Gasteiger partial charge >= 0.3 is 0 Å². The molecule has 0 N–H and O–H groups in total. The molecule has 4 aromatic rings. The molecule has 3 aromatic heterocycles. The molecule has 94 valence electrons. The lowest BCUT2D eigenvalue weighted by atomic mass is 10.1. The van der Waals surface area contributed by atoms with Gasteiger partial charge in [0, 0.05) is 29.4 Å². The van der Waals surface area contributed by atoms with Crippen LogP contribution in [0, 0.1) is 0 Å². The maximum atomic E-state index is 4.71. The van der Waals surface area contributed by atoms with Gasteiger partial charge in [-0.15, -0.1) is 0 Å². The second kappa shape index (κ2) is 4.35. The van der Waals surface area contributed by atoms with Crippen molar-refractivity contribution in [3.63, 3.8) is 0 Å². The smallest absolute Gasteiger partial charge is 0.107 e. The SMILES string of the molecule is c1cnc2c(c1)ccc1ccc(-c3cnccn3)nc12. The number of benzene rings is 1. The third kappa shape index (κ3) is 1.70. The van der Waals surface area contributed by atoms with Crippen molar-refractivity contribution in [2.75, 3.05) is 0 Å². The third-order valence-corrected chi connectivity index (χ3v) is 3.26. The van der Waals surface area contributed by atoms with Crippen LogP contribution in [0.5, 0.6) is 0 Å². The zero-order chi connectivity index (χ0) is 13.4. The van der Waals surface area contributed by atoms with E-state index in [0.717, 1.165) is 33.2 Å². The Morgan fingerprint density at radius 2 is 1.50 bits per heavy atom. The molecule has 4 heteroatoms. The fourth-order valence-corrected chi connectivity index (χ4v) is 2.30. The van der Waals surface area contributed by atoms with Crippen molar-refractivity contribution in [1.29, 1.82) is 0 Å². The first-order valence-electron chi connectivity index (χ1n) is 6.33. The predicted octanol–water partition coefficient (Wildman–Crippen LogP) is 3.24. The van der Waals surface area contributed by atoms with Gasteiger partial charge in [0.1, 0.15) is 5.69 Å². The Balaban J connectivity index is 2.05. The van der Waals surface area contributed by atoms with Crippen molar-refractivity contribution in [1.82, 2.24) is 19.9 Å². The topological polar surface area (TPSA) is 51.6 Å². The Labute approximate surface area is 115 Å². The van der Waals surface area contributed by atoms with Crippen molar-refractivity contribution in [3.8, 4) is 11.4 Å². The molecular formula is C16H10N4. The van der Waals surface area contributed by atoms with Crippen LogP contribution in [-0.4, -0.2) is 19.9 Å². The summed E-state index contributed by atoms with van der Waals surface area (Å²) in [5, 5.41) is 2.16. The van der Waals surface area contributed by atoms with E-state index in [1.165, 1.54) is 0 Å². The molecule has 0 amide bonds. The van der Waals surface area contributed by atoms with Crippen LogP contribution in [0.25, 0.3) is 33.2 Å². The summed E-state index contributed by atoms with van der Waals surface area (Å²) in [4.78, 5) is 17.5. The lowest BCUT2D eigenvalue weighted by Crippen LogP contribution is -1.90. The van der Waals surface area contributed by atoms with E-state index in [1.54, 1.807) is 24.8 Å². The quantitative estimate of drug-likeness (QED) is 0.492. The first-order chi connectivity index (χ1) is 9.92. The Kier molecular flexibility index (Phi) is 2.39. The fourth-order valence-electron chi connectivity index (χ4n) is 2.30. The summed E-state index contributed by atoms with van der Waals surface area (Å²) < 4.78 is 0. The van der Waals surface area contributed by atoms with Crippen LogP contribution in [0.4, 0.5) is 0 Å². The molecule has 1 aromatic carbocycles. The Morgan fingerprint density at radius 3 is 2.35 bits per heavy atom. The summed E-state index contributed by atoms with van der Waals surface area (Å²) in [6.45, 7) is 0. The molecule has 0 saturated heterocycles. The predicted molar refractivity (Wildman–Crippen MR) is 78.1 cm³/mol. The van der Waals surface area contributed by atoms with E-state index >= 15 is 0 Å². The van der Waals surface area contributed by atoms with Gasteiger partial charge in [-0.2, -0.15) is 0 Å². The zero-order valence-electron chi connectivity index (χ0n) is 10.6. The summed E-state index contributed by atoms with van der Waals surface area (Å²) in [5.41, 5.74) is 3.38. The molecule has 0 fully saturated rings. The van der Waals surface area contributed by atoms with E-state index < -0.39 is 0 Å². The van der Waals surface area contributed by atoms with E-state index in [9.17, 15) is 0 Å². The fraction of sp³-hybridized carbons (Fsp3) is 0. The third-order valence-electron chi connectivity index (χ3n) is 3.26. The van der Waals surface area contributed by atoms with Gasteiger partial charge in [-0.3, -0.25) is 15.0 Å². The van der Waals surface area contributed by atoms with E-state index in [4.69, 9.17) is 4.98 Å². The van der Waals surface area contributed by atoms with Crippen molar-refractivity contribution < 1.29 is 0 Å². The monoisotopic (exact) mass is 258 g/mol. The van der Waals surface area contributed by atoms with Gasteiger partial charge in [0.2, 0.25) is 0 Å². The number of nitrogens with zero attached hydrogens (tertiary/aromatic N) is 4. The van der Waals surface area contributed by atoms with Gasteiger partial charge in [-0.25, -0.2) is 4.98 Å². The van der Waals surface area contributed by atoms with Crippen molar-refractivity contribution >= 4 is 21.8 Å². The first kappa shape index (κ1) is 11.0. The number of hydrogen-bond acceptors (Lipinski definition) is 4. The molecular weight excluding hydrogens is 248 g/mol. The van der Waals surface area contributed by atoms with Gasteiger partial charge in [0.05, 0.1) is 22.9 Å². The van der Waals surface area contributed by atoms with Crippen LogP contribution < -0.4 is 0 Å². The highest BCUT2D eigenvalue weighted by molar-refractivity contribution is 6.03. The number of fused-ring (bicyclic) bond motifs is 3. The molecule has 3 heterocycles. The van der Waals surface area contributed by atoms with Crippen molar-refractivity contribution in [2.45, 2.75) is 0 Å². The maximum absolute atomic E-state index is 4.71. The number of rotatable bonds is 1. The zero-order valence-corrected chi connectivity index (χ0v) is 10.6. The summed E-state index contributed by atoms with van der Waals surface area (Å²) in [6.07, 6.45) is 6.83. The van der Waals surface area contributed by atoms with Crippen LogP contribution in [0.15, 0.2) is 61.2 Å². The minimum atomic E-state index is 0.766. The minimum Gasteiger partial charge on any atom is -0.261 e. The van der Waals surface area contributed by atoms with Gasteiger partial charge in [0.25, 0.3) is 0 Å². The summed E-state index contributed by atoms with van der Waals surface area (Å²) >= 11 is 0. The lowest BCUT2D eigenvalue weighted by Gasteiger charge is -2.04. The Bertz CT molecular complexity index is 904. The van der Waals surface area contributed by atoms with Gasteiger partial charge in [0.15, 0.2) is 0 Å². The van der Waals surface area contributed by atoms with E-state index in [2.05, 4.69) is 27.1 Å². The standard InChI is InChI=1S/C16H10N4/c1-2-11-3-4-12-5-6-13(14-10-17-8-9-18-14)20-16(12)15(11)19-7-1/h1-10H.